The molecule has 8 nitrogen and oxygen atoms in total. The van der Waals surface area contributed by atoms with E-state index in [-0.39, 0.29) is 16.7 Å². The van der Waals surface area contributed by atoms with Crippen LogP contribution in [0, 0.1) is 5.92 Å². The molecule has 1 heterocycles. The summed E-state index contributed by atoms with van der Waals surface area (Å²) >= 11 is 5.82. The largest absolute Gasteiger partial charge is 0.450 e. The summed E-state index contributed by atoms with van der Waals surface area (Å²) in [5, 5.41) is 5.12. The lowest BCUT2D eigenvalue weighted by atomic mass is 10.1. The molecule has 0 saturated carbocycles. The summed E-state index contributed by atoms with van der Waals surface area (Å²) in [4.78, 5) is 47.2. The number of ether oxygens (including phenoxy) is 1. The van der Waals surface area contributed by atoms with Gasteiger partial charge < -0.3 is 14.5 Å². The number of fused-ring (bicyclic) bond motifs is 1. The van der Waals surface area contributed by atoms with Crippen LogP contribution in [0.4, 0.5) is 4.79 Å². The second kappa shape index (κ2) is 9.18. The molecule has 0 aliphatic heterocycles. The lowest BCUT2D eigenvalue weighted by molar-refractivity contribution is -0.123. The van der Waals surface area contributed by atoms with Crippen LogP contribution in [0.3, 0.4) is 0 Å². The van der Waals surface area contributed by atoms with Gasteiger partial charge in [0.25, 0.3) is 5.91 Å². The van der Waals surface area contributed by atoms with E-state index in [0.29, 0.717) is 17.5 Å². The molecule has 0 aliphatic rings. The van der Waals surface area contributed by atoms with Crippen molar-refractivity contribution in [3.05, 3.63) is 45.3 Å². The van der Waals surface area contributed by atoms with Gasteiger partial charge in [-0.05, 0) is 30.5 Å². The van der Waals surface area contributed by atoms with E-state index < -0.39 is 29.9 Å². The fourth-order valence-corrected chi connectivity index (χ4v) is 2.28. The van der Waals surface area contributed by atoms with Gasteiger partial charge in [0.05, 0.1) is 5.39 Å². The van der Waals surface area contributed by atoms with Crippen LogP contribution in [0.25, 0.3) is 11.0 Å². The number of hydrogen-bond acceptors (Lipinski definition) is 6. The van der Waals surface area contributed by atoms with Gasteiger partial charge in [-0.15, -0.1) is 0 Å². The zero-order chi connectivity index (χ0) is 20.0. The Hall–Kier alpha value is -2.87. The van der Waals surface area contributed by atoms with E-state index in [4.69, 9.17) is 20.8 Å². The fraction of sp³-hybridized carbons (Fsp3) is 0.333. The van der Waals surface area contributed by atoms with E-state index in [9.17, 15) is 19.2 Å². The summed E-state index contributed by atoms with van der Waals surface area (Å²) in [5.41, 5.74) is -0.312. The number of urea groups is 1. The van der Waals surface area contributed by atoms with Crippen LogP contribution in [0.1, 0.15) is 30.8 Å². The normalized spacial score (nSPS) is 10.7. The molecular weight excluding hydrogens is 376 g/mol. The van der Waals surface area contributed by atoms with E-state index >= 15 is 0 Å². The SMILES string of the molecule is CC(C)CCNC(=O)NC(=O)COC(=O)c1cc(=O)c2cc(Cl)ccc2o1. The summed E-state index contributed by atoms with van der Waals surface area (Å²) in [6.45, 7) is 3.73. The topological polar surface area (TPSA) is 115 Å². The minimum atomic E-state index is -1.00. The fourth-order valence-electron chi connectivity index (χ4n) is 2.11. The van der Waals surface area contributed by atoms with E-state index in [1.165, 1.54) is 18.2 Å². The molecule has 144 valence electrons. The van der Waals surface area contributed by atoms with E-state index in [1.54, 1.807) is 0 Å². The van der Waals surface area contributed by atoms with Crippen molar-refractivity contribution in [3.8, 4) is 0 Å². The molecule has 0 bridgehead atoms. The number of hydrogen-bond donors (Lipinski definition) is 2. The lowest BCUT2D eigenvalue weighted by Crippen LogP contribution is -2.42. The van der Waals surface area contributed by atoms with Gasteiger partial charge >= 0.3 is 12.0 Å². The first kappa shape index (κ1) is 20.4. The molecule has 3 amide bonds. The van der Waals surface area contributed by atoms with Crippen molar-refractivity contribution in [1.29, 1.82) is 0 Å². The lowest BCUT2D eigenvalue weighted by Gasteiger charge is -2.08. The third kappa shape index (κ3) is 6.10. The molecule has 0 saturated heterocycles. The summed E-state index contributed by atoms with van der Waals surface area (Å²) in [7, 11) is 0. The highest BCUT2D eigenvalue weighted by Gasteiger charge is 2.16. The average Bonchev–Trinajstić information content (AvgIpc) is 2.59. The van der Waals surface area contributed by atoms with Crippen molar-refractivity contribution in [3.63, 3.8) is 0 Å². The Morgan fingerprint density at radius 1 is 1.22 bits per heavy atom. The average molecular weight is 395 g/mol. The number of esters is 1. The molecule has 0 atom stereocenters. The number of amides is 3. The quantitative estimate of drug-likeness (QED) is 0.727. The zero-order valence-corrected chi connectivity index (χ0v) is 15.6. The van der Waals surface area contributed by atoms with Gasteiger partial charge in [-0.1, -0.05) is 25.4 Å². The monoisotopic (exact) mass is 394 g/mol. The highest BCUT2D eigenvalue weighted by molar-refractivity contribution is 6.31. The second-order valence-electron chi connectivity index (χ2n) is 6.18. The van der Waals surface area contributed by atoms with Crippen molar-refractivity contribution >= 4 is 40.5 Å². The number of benzene rings is 1. The van der Waals surface area contributed by atoms with Crippen LogP contribution in [-0.4, -0.2) is 31.1 Å². The molecule has 2 N–H and O–H groups in total. The number of carbonyl (C=O) groups is 3. The molecule has 0 unspecified atom stereocenters. The van der Waals surface area contributed by atoms with Crippen LogP contribution in [0.5, 0.6) is 0 Å². The predicted molar refractivity (Wildman–Crippen MR) is 98.8 cm³/mol. The highest BCUT2D eigenvalue weighted by Crippen LogP contribution is 2.17. The van der Waals surface area contributed by atoms with E-state index in [1.807, 2.05) is 19.2 Å². The number of halogens is 1. The minimum Gasteiger partial charge on any atom is -0.450 e. The summed E-state index contributed by atoms with van der Waals surface area (Å²) in [6, 6.07) is 4.66. The summed E-state index contributed by atoms with van der Waals surface area (Å²) < 4.78 is 10.1. The Balaban J connectivity index is 1.91. The molecule has 27 heavy (non-hydrogen) atoms. The third-order valence-electron chi connectivity index (χ3n) is 3.48. The van der Waals surface area contributed by atoms with Crippen LogP contribution < -0.4 is 16.1 Å². The number of rotatable bonds is 6. The number of nitrogens with one attached hydrogen (secondary N) is 2. The number of carbonyl (C=O) groups excluding carboxylic acids is 3. The van der Waals surface area contributed by atoms with Gasteiger partial charge in [-0.2, -0.15) is 0 Å². The molecule has 2 rings (SSSR count). The molecular formula is C18H19ClN2O6. The maximum atomic E-state index is 12.0. The van der Waals surface area contributed by atoms with Crippen LogP contribution >= 0.6 is 11.6 Å². The first-order chi connectivity index (χ1) is 12.8. The molecule has 0 aliphatic carbocycles. The van der Waals surface area contributed by atoms with Crippen molar-refractivity contribution in [2.75, 3.05) is 13.2 Å². The van der Waals surface area contributed by atoms with Gasteiger partial charge in [0.1, 0.15) is 5.58 Å². The Labute approximate surface area is 159 Å². The molecule has 1 aromatic heterocycles. The van der Waals surface area contributed by atoms with E-state index in [0.717, 1.165) is 12.5 Å². The highest BCUT2D eigenvalue weighted by atomic mass is 35.5. The van der Waals surface area contributed by atoms with Crippen molar-refractivity contribution in [1.82, 2.24) is 10.6 Å². The molecule has 0 fully saturated rings. The summed E-state index contributed by atoms with van der Waals surface area (Å²) in [5.74, 6) is -1.75. The second-order valence-corrected chi connectivity index (χ2v) is 6.61. The van der Waals surface area contributed by atoms with Gasteiger partial charge in [-0.25, -0.2) is 9.59 Å². The van der Waals surface area contributed by atoms with Crippen LogP contribution in [0.2, 0.25) is 5.02 Å². The Morgan fingerprint density at radius 2 is 1.96 bits per heavy atom. The Kier molecular flexibility index (Phi) is 6.95. The molecule has 2 aromatic rings. The number of imide groups is 1. The molecule has 9 heteroatoms. The van der Waals surface area contributed by atoms with Crippen molar-refractivity contribution in [2.45, 2.75) is 20.3 Å². The Bertz CT molecular complexity index is 922. The van der Waals surface area contributed by atoms with Crippen molar-refractivity contribution < 1.29 is 23.5 Å². The Morgan fingerprint density at radius 3 is 2.67 bits per heavy atom. The van der Waals surface area contributed by atoms with Crippen molar-refractivity contribution in [2.24, 2.45) is 5.92 Å². The molecule has 0 spiro atoms. The summed E-state index contributed by atoms with van der Waals surface area (Å²) in [6.07, 6.45) is 0.767. The first-order valence-corrected chi connectivity index (χ1v) is 8.62. The van der Waals surface area contributed by atoms with E-state index in [2.05, 4.69) is 5.32 Å². The van der Waals surface area contributed by atoms with Crippen LogP contribution in [0.15, 0.2) is 33.5 Å². The van der Waals surface area contributed by atoms with Gasteiger partial charge in [0.15, 0.2) is 12.0 Å². The smallest absolute Gasteiger partial charge is 0.374 e. The van der Waals surface area contributed by atoms with Crippen LogP contribution in [-0.2, 0) is 9.53 Å². The third-order valence-corrected chi connectivity index (χ3v) is 3.72. The molecule has 0 radical (unpaired) electrons. The maximum Gasteiger partial charge on any atom is 0.374 e. The zero-order valence-electron chi connectivity index (χ0n) is 14.8. The standard InChI is InChI=1S/C18H19ClN2O6/c1-10(2)5-6-20-18(25)21-16(23)9-26-17(24)15-8-13(22)12-7-11(19)3-4-14(12)27-15/h3-4,7-8,10H,5-6,9H2,1-2H3,(H2,20,21,23,25). The maximum absolute atomic E-state index is 12.0. The van der Waals surface area contributed by atoms with Gasteiger partial charge in [-0.3, -0.25) is 14.9 Å². The van der Waals surface area contributed by atoms with Gasteiger partial charge in [0.2, 0.25) is 5.76 Å². The first-order valence-electron chi connectivity index (χ1n) is 8.24. The molecule has 1 aromatic carbocycles. The minimum absolute atomic E-state index is 0.160. The van der Waals surface area contributed by atoms with Gasteiger partial charge in [0, 0.05) is 17.6 Å². The predicted octanol–water partition coefficient (Wildman–Crippen LogP) is 2.48.